The van der Waals surface area contributed by atoms with E-state index >= 15 is 0 Å². The van der Waals surface area contributed by atoms with E-state index in [2.05, 4.69) is 4.98 Å². The van der Waals surface area contributed by atoms with Gasteiger partial charge in [0.2, 0.25) is 0 Å². The van der Waals surface area contributed by atoms with E-state index in [1.165, 1.54) is 24.7 Å². The van der Waals surface area contributed by atoms with Crippen LogP contribution in [-0.4, -0.2) is 29.6 Å². The van der Waals surface area contributed by atoms with Crippen LogP contribution in [0.25, 0.3) is 5.65 Å². The van der Waals surface area contributed by atoms with Gasteiger partial charge in [-0.25, -0.2) is 9.78 Å². The molecule has 26 heavy (non-hydrogen) atoms. The SMILES string of the molecule is COc1ccc(C(=O)OCc2cc(=O)n3cc(C)ccc3n2)c(OC)c1. The molecule has 7 heteroatoms. The fourth-order valence-electron chi connectivity index (χ4n) is 2.52. The van der Waals surface area contributed by atoms with Crippen LogP contribution in [0.5, 0.6) is 11.5 Å². The van der Waals surface area contributed by atoms with Crippen molar-refractivity contribution in [2.75, 3.05) is 14.2 Å². The number of aryl methyl sites for hydroxylation is 1. The fourth-order valence-corrected chi connectivity index (χ4v) is 2.52. The zero-order chi connectivity index (χ0) is 18.7. The number of methoxy groups -OCH3 is 2. The molecule has 0 aliphatic carbocycles. The maximum atomic E-state index is 12.3. The normalized spacial score (nSPS) is 10.6. The maximum absolute atomic E-state index is 12.3. The number of carbonyl (C=O) groups excluding carboxylic acids is 1. The summed E-state index contributed by atoms with van der Waals surface area (Å²) >= 11 is 0. The summed E-state index contributed by atoms with van der Waals surface area (Å²) in [5, 5.41) is 0. The highest BCUT2D eigenvalue weighted by Crippen LogP contribution is 2.25. The predicted octanol–water partition coefficient (Wildman–Crippen LogP) is 2.38. The molecule has 134 valence electrons. The second-order valence-corrected chi connectivity index (χ2v) is 5.66. The fraction of sp³-hybridized carbons (Fsp3) is 0.211. The van der Waals surface area contributed by atoms with Crippen LogP contribution in [-0.2, 0) is 11.3 Å². The van der Waals surface area contributed by atoms with Crippen molar-refractivity contribution in [1.82, 2.24) is 9.38 Å². The van der Waals surface area contributed by atoms with Crippen LogP contribution < -0.4 is 15.0 Å². The highest BCUT2D eigenvalue weighted by molar-refractivity contribution is 5.92. The number of hydrogen-bond donors (Lipinski definition) is 0. The molecule has 0 aliphatic heterocycles. The van der Waals surface area contributed by atoms with E-state index in [1.807, 2.05) is 13.0 Å². The first-order valence-corrected chi connectivity index (χ1v) is 7.90. The molecule has 0 bridgehead atoms. The first-order valence-electron chi connectivity index (χ1n) is 7.90. The molecule has 0 N–H and O–H groups in total. The lowest BCUT2D eigenvalue weighted by Crippen LogP contribution is -2.17. The van der Waals surface area contributed by atoms with E-state index in [9.17, 15) is 9.59 Å². The van der Waals surface area contributed by atoms with Gasteiger partial charge in [-0.1, -0.05) is 6.07 Å². The Bertz CT molecular complexity index is 1030. The van der Waals surface area contributed by atoms with E-state index in [0.717, 1.165) is 5.56 Å². The van der Waals surface area contributed by atoms with Crippen molar-refractivity contribution in [2.45, 2.75) is 13.5 Å². The molecule has 0 radical (unpaired) electrons. The monoisotopic (exact) mass is 354 g/mol. The minimum absolute atomic E-state index is 0.117. The molecule has 1 aromatic carbocycles. The Hall–Kier alpha value is -3.35. The van der Waals surface area contributed by atoms with Crippen LogP contribution >= 0.6 is 0 Å². The highest BCUT2D eigenvalue weighted by Gasteiger charge is 2.15. The van der Waals surface area contributed by atoms with Gasteiger partial charge in [0.15, 0.2) is 0 Å². The average Bonchev–Trinajstić information content (AvgIpc) is 2.66. The summed E-state index contributed by atoms with van der Waals surface area (Å²) in [7, 11) is 2.98. The lowest BCUT2D eigenvalue weighted by Gasteiger charge is -2.10. The van der Waals surface area contributed by atoms with E-state index in [4.69, 9.17) is 14.2 Å². The largest absolute Gasteiger partial charge is 0.497 e. The first kappa shape index (κ1) is 17.5. The smallest absolute Gasteiger partial charge is 0.342 e. The summed E-state index contributed by atoms with van der Waals surface area (Å²) in [5.74, 6) is 0.338. The van der Waals surface area contributed by atoms with Crippen LogP contribution in [0, 0.1) is 6.92 Å². The van der Waals surface area contributed by atoms with E-state index in [0.29, 0.717) is 22.8 Å². The van der Waals surface area contributed by atoms with Gasteiger partial charge in [0.25, 0.3) is 5.56 Å². The molecule has 0 spiro atoms. The van der Waals surface area contributed by atoms with Crippen molar-refractivity contribution in [3.05, 3.63) is 69.8 Å². The van der Waals surface area contributed by atoms with Crippen molar-refractivity contribution in [3.8, 4) is 11.5 Å². The number of carbonyl (C=O) groups is 1. The Morgan fingerprint density at radius 2 is 1.92 bits per heavy atom. The van der Waals surface area contributed by atoms with Gasteiger partial charge in [-0.2, -0.15) is 0 Å². The number of benzene rings is 1. The topological polar surface area (TPSA) is 79.1 Å². The summed E-state index contributed by atoms with van der Waals surface area (Å²) in [6.45, 7) is 1.78. The number of rotatable bonds is 5. The summed E-state index contributed by atoms with van der Waals surface area (Å²) in [4.78, 5) is 28.9. The van der Waals surface area contributed by atoms with Gasteiger partial charge >= 0.3 is 5.97 Å². The zero-order valence-corrected chi connectivity index (χ0v) is 14.7. The minimum atomic E-state index is -0.574. The molecule has 0 fully saturated rings. The second-order valence-electron chi connectivity index (χ2n) is 5.66. The summed E-state index contributed by atoms with van der Waals surface area (Å²) in [6, 6.07) is 9.76. The third-order valence-electron chi connectivity index (χ3n) is 3.84. The molecule has 0 saturated carbocycles. The Labute approximate surface area is 149 Å². The highest BCUT2D eigenvalue weighted by atomic mass is 16.5. The summed E-state index contributed by atoms with van der Waals surface area (Å²) < 4.78 is 17.0. The number of nitrogens with zero attached hydrogens (tertiary/aromatic N) is 2. The van der Waals surface area contributed by atoms with Crippen molar-refractivity contribution in [2.24, 2.45) is 0 Å². The van der Waals surface area contributed by atoms with E-state index in [-0.39, 0.29) is 17.7 Å². The standard InChI is InChI=1S/C19H18N2O5/c1-12-4-7-17-20-13(8-18(22)21(17)10-12)11-26-19(23)15-6-5-14(24-2)9-16(15)25-3/h4-10H,11H2,1-3H3. The molecule has 7 nitrogen and oxygen atoms in total. The molecule has 0 amide bonds. The third-order valence-corrected chi connectivity index (χ3v) is 3.84. The van der Waals surface area contributed by atoms with Crippen LogP contribution in [0.2, 0.25) is 0 Å². The van der Waals surface area contributed by atoms with Crippen molar-refractivity contribution in [1.29, 1.82) is 0 Å². The van der Waals surface area contributed by atoms with Gasteiger partial charge in [0.05, 0.1) is 19.9 Å². The summed E-state index contributed by atoms with van der Waals surface area (Å²) in [6.07, 6.45) is 1.71. The minimum Gasteiger partial charge on any atom is -0.497 e. The molecule has 3 aromatic rings. The number of hydrogen-bond acceptors (Lipinski definition) is 6. The van der Waals surface area contributed by atoms with Gasteiger partial charge < -0.3 is 14.2 Å². The van der Waals surface area contributed by atoms with Crippen LogP contribution in [0.15, 0.2) is 47.4 Å². The molecular formula is C19H18N2O5. The number of esters is 1. The van der Waals surface area contributed by atoms with Crippen LogP contribution in [0.3, 0.4) is 0 Å². The van der Waals surface area contributed by atoms with E-state index < -0.39 is 5.97 Å². The zero-order valence-electron chi connectivity index (χ0n) is 14.7. The average molecular weight is 354 g/mol. The van der Waals surface area contributed by atoms with E-state index in [1.54, 1.807) is 30.5 Å². The second kappa shape index (κ2) is 7.26. The molecule has 3 rings (SSSR count). The van der Waals surface area contributed by atoms with Gasteiger partial charge in [0, 0.05) is 18.3 Å². The lowest BCUT2D eigenvalue weighted by atomic mass is 10.2. The molecule has 0 atom stereocenters. The van der Waals surface area contributed by atoms with Crippen LogP contribution in [0.1, 0.15) is 21.6 Å². The van der Waals surface area contributed by atoms with Crippen molar-refractivity contribution >= 4 is 11.6 Å². The van der Waals surface area contributed by atoms with Gasteiger partial charge in [-0.15, -0.1) is 0 Å². The first-order chi connectivity index (χ1) is 12.5. The van der Waals surface area contributed by atoms with Crippen molar-refractivity contribution in [3.63, 3.8) is 0 Å². The Balaban J connectivity index is 1.81. The molecule has 2 heterocycles. The van der Waals surface area contributed by atoms with Crippen molar-refractivity contribution < 1.29 is 19.0 Å². The predicted molar refractivity (Wildman–Crippen MR) is 94.9 cm³/mol. The maximum Gasteiger partial charge on any atom is 0.342 e. The Morgan fingerprint density at radius 1 is 1.12 bits per heavy atom. The van der Waals surface area contributed by atoms with Crippen LogP contribution in [0.4, 0.5) is 0 Å². The summed E-state index contributed by atoms with van der Waals surface area (Å²) in [5.41, 5.74) is 1.86. The van der Waals surface area contributed by atoms with Gasteiger partial charge in [-0.3, -0.25) is 9.20 Å². The Kier molecular flexibility index (Phi) is 4.88. The quantitative estimate of drug-likeness (QED) is 0.655. The van der Waals surface area contributed by atoms with Gasteiger partial charge in [0.1, 0.15) is 29.3 Å². The molecule has 0 saturated heterocycles. The number of aromatic nitrogens is 2. The Morgan fingerprint density at radius 3 is 2.65 bits per heavy atom. The lowest BCUT2D eigenvalue weighted by molar-refractivity contribution is 0.0464. The van der Waals surface area contributed by atoms with Gasteiger partial charge in [-0.05, 0) is 30.7 Å². The number of pyridine rings is 1. The third kappa shape index (κ3) is 3.51. The molecule has 2 aromatic heterocycles. The number of fused-ring (bicyclic) bond motifs is 1. The molecule has 0 unspecified atom stereocenters. The molecular weight excluding hydrogens is 336 g/mol. The molecule has 0 aliphatic rings. The number of ether oxygens (including phenoxy) is 3.